The summed E-state index contributed by atoms with van der Waals surface area (Å²) in [5.74, 6) is 0.310. The van der Waals surface area contributed by atoms with Crippen molar-refractivity contribution < 1.29 is 9.32 Å². The summed E-state index contributed by atoms with van der Waals surface area (Å²) in [5, 5.41) is 7.34. The molecule has 0 aliphatic heterocycles. The Balaban J connectivity index is 1.63. The highest BCUT2D eigenvalue weighted by atomic mass is 16.5. The lowest BCUT2D eigenvalue weighted by atomic mass is 10.0. The molecule has 0 fully saturated rings. The van der Waals surface area contributed by atoms with Crippen molar-refractivity contribution in [3.63, 3.8) is 0 Å². The van der Waals surface area contributed by atoms with Crippen LogP contribution in [0.3, 0.4) is 0 Å². The third kappa shape index (κ3) is 3.15. The average Bonchev–Trinajstić information content (AvgIpc) is 3.24. The SMILES string of the molecule is CC(=O)c1c(C)c2ccccc2n(Cc2cc(-c3cccc4ccccc34)no2)c1=O. The van der Waals surface area contributed by atoms with Gasteiger partial charge in [0.25, 0.3) is 5.56 Å². The predicted molar refractivity (Wildman–Crippen MR) is 121 cm³/mol. The van der Waals surface area contributed by atoms with Crippen LogP contribution in [0.2, 0.25) is 0 Å². The van der Waals surface area contributed by atoms with Gasteiger partial charge in [-0.1, -0.05) is 65.8 Å². The Kier molecular flexibility index (Phi) is 4.51. The quantitative estimate of drug-likeness (QED) is 0.375. The lowest BCUT2D eigenvalue weighted by Crippen LogP contribution is -2.28. The van der Waals surface area contributed by atoms with Crippen LogP contribution in [0.5, 0.6) is 0 Å². The molecule has 0 radical (unpaired) electrons. The van der Waals surface area contributed by atoms with E-state index in [1.54, 1.807) is 4.57 Å². The number of hydrogen-bond donors (Lipinski definition) is 0. The van der Waals surface area contributed by atoms with Crippen LogP contribution < -0.4 is 5.56 Å². The zero-order chi connectivity index (χ0) is 21.5. The number of nitrogens with zero attached hydrogens (tertiary/aromatic N) is 2. The fourth-order valence-corrected chi connectivity index (χ4v) is 4.26. The fraction of sp³-hybridized carbons (Fsp3) is 0.115. The molecule has 5 nitrogen and oxygen atoms in total. The molecule has 0 unspecified atom stereocenters. The van der Waals surface area contributed by atoms with E-state index in [4.69, 9.17) is 4.52 Å². The number of para-hydroxylation sites is 1. The van der Waals surface area contributed by atoms with Crippen LogP contribution in [0.15, 0.2) is 82.1 Å². The Labute approximate surface area is 178 Å². The minimum Gasteiger partial charge on any atom is -0.359 e. The molecule has 0 atom stereocenters. The first-order valence-electron chi connectivity index (χ1n) is 10.1. The Morgan fingerprint density at radius 1 is 0.968 bits per heavy atom. The van der Waals surface area contributed by atoms with E-state index in [9.17, 15) is 9.59 Å². The number of pyridine rings is 1. The van der Waals surface area contributed by atoms with Gasteiger partial charge in [0.1, 0.15) is 5.69 Å². The van der Waals surface area contributed by atoms with E-state index >= 15 is 0 Å². The van der Waals surface area contributed by atoms with E-state index in [2.05, 4.69) is 23.4 Å². The number of rotatable bonds is 4. The van der Waals surface area contributed by atoms with Crippen molar-refractivity contribution in [1.29, 1.82) is 0 Å². The van der Waals surface area contributed by atoms with Crippen molar-refractivity contribution in [2.75, 3.05) is 0 Å². The summed E-state index contributed by atoms with van der Waals surface area (Å²) in [6.45, 7) is 3.44. The lowest BCUT2D eigenvalue weighted by Gasteiger charge is -2.13. The van der Waals surface area contributed by atoms with Crippen LogP contribution in [0.25, 0.3) is 32.9 Å². The van der Waals surface area contributed by atoms with Gasteiger partial charge in [-0.3, -0.25) is 14.2 Å². The van der Waals surface area contributed by atoms with E-state index in [1.807, 2.05) is 61.5 Å². The van der Waals surface area contributed by atoms with Crippen molar-refractivity contribution in [2.24, 2.45) is 0 Å². The van der Waals surface area contributed by atoms with E-state index in [-0.39, 0.29) is 23.5 Å². The number of fused-ring (bicyclic) bond motifs is 2. The number of hydrogen-bond acceptors (Lipinski definition) is 4. The summed E-state index contributed by atoms with van der Waals surface area (Å²) >= 11 is 0. The highest BCUT2D eigenvalue weighted by Gasteiger charge is 2.18. The molecule has 0 saturated heterocycles. The molecule has 0 saturated carbocycles. The molecule has 0 N–H and O–H groups in total. The molecule has 2 heterocycles. The van der Waals surface area contributed by atoms with Gasteiger partial charge in [-0.25, -0.2) is 0 Å². The van der Waals surface area contributed by atoms with Crippen molar-refractivity contribution >= 4 is 27.5 Å². The van der Waals surface area contributed by atoms with Crippen LogP contribution >= 0.6 is 0 Å². The third-order valence-electron chi connectivity index (χ3n) is 5.72. The topological polar surface area (TPSA) is 65.1 Å². The molecule has 5 rings (SSSR count). The Morgan fingerprint density at radius 2 is 1.68 bits per heavy atom. The summed E-state index contributed by atoms with van der Waals surface area (Å²) in [6, 6.07) is 23.6. The van der Waals surface area contributed by atoms with E-state index < -0.39 is 0 Å². The number of Topliss-reactive ketones (excluding diaryl/α,β-unsaturated/α-hetero) is 1. The highest BCUT2D eigenvalue weighted by molar-refractivity contribution is 6.00. The molecular formula is C26H20N2O3. The zero-order valence-electron chi connectivity index (χ0n) is 17.3. The molecule has 0 aliphatic carbocycles. The van der Waals surface area contributed by atoms with Gasteiger partial charge in [-0.05, 0) is 36.2 Å². The Hall–Kier alpha value is -3.99. The summed E-state index contributed by atoms with van der Waals surface area (Å²) < 4.78 is 7.20. The van der Waals surface area contributed by atoms with E-state index in [0.717, 1.165) is 27.2 Å². The van der Waals surface area contributed by atoms with Crippen LogP contribution in [0, 0.1) is 6.92 Å². The lowest BCUT2D eigenvalue weighted by molar-refractivity contribution is 0.101. The largest absolute Gasteiger partial charge is 0.359 e. The standard InChI is InChI=1S/C26H20N2O3/c1-16-20-10-5-6-13-24(20)28(26(30)25(16)17(2)29)15-19-14-23(27-31-19)22-12-7-9-18-8-3-4-11-21(18)22/h3-14H,15H2,1-2H3. The van der Waals surface area contributed by atoms with Crippen molar-refractivity contribution in [3.8, 4) is 11.3 Å². The summed E-state index contributed by atoms with van der Waals surface area (Å²) in [5.41, 5.74) is 3.05. The van der Waals surface area contributed by atoms with Crippen LogP contribution in [-0.2, 0) is 6.54 Å². The van der Waals surface area contributed by atoms with Gasteiger partial charge < -0.3 is 4.52 Å². The molecular weight excluding hydrogens is 388 g/mol. The van der Waals surface area contributed by atoms with Gasteiger partial charge in [-0.2, -0.15) is 0 Å². The number of benzene rings is 3. The number of ketones is 1. The van der Waals surface area contributed by atoms with Gasteiger partial charge in [0.15, 0.2) is 11.5 Å². The van der Waals surface area contributed by atoms with Crippen molar-refractivity contribution in [2.45, 2.75) is 20.4 Å². The van der Waals surface area contributed by atoms with Crippen LogP contribution in [0.4, 0.5) is 0 Å². The fourth-order valence-electron chi connectivity index (χ4n) is 4.26. The first kappa shape index (κ1) is 19.0. The molecule has 3 aromatic carbocycles. The maximum absolute atomic E-state index is 13.2. The molecule has 0 amide bonds. The Morgan fingerprint density at radius 3 is 2.48 bits per heavy atom. The first-order valence-corrected chi connectivity index (χ1v) is 10.1. The normalized spacial score (nSPS) is 11.3. The molecule has 0 spiro atoms. The third-order valence-corrected chi connectivity index (χ3v) is 5.72. The van der Waals surface area contributed by atoms with Crippen molar-refractivity contribution in [3.05, 3.63) is 100 Å². The molecule has 31 heavy (non-hydrogen) atoms. The average molecular weight is 408 g/mol. The molecule has 0 aliphatic rings. The number of aromatic nitrogens is 2. The van der Waals surface area contributed by atoms with Gasteiger partial charge in [0.2, 0.25) is 0 Å². The summed E-state index contributed by atoms with van der Waals surface area (Å²) in [7, 11) is 0. The van der Waals surface area contributed by atoms with Crippen LogP contribution in [-0.4, -0.2) is 15.5 Å². The summed E-state index contributed by atoms with van der Waals surface area (Å²) in [4.78, 5) is 25.4. The molecule has 0 bridgehead atoms. The molecule has 2 aromatic heterocycles. The second kappa shape index (κ2) is 7.36. The highest BCUT2D eigenvalue weighted by Crippen LogP contribution is 2.28. The number of carbonyl (C=O) groups is 1. The maximum atomic E-state index is 13.2. The second-order valence-electron chi connectivity index (χ2n) is 7.67. The molecule has 152 valence electrons. The van der Waals surface area contributed by atoms with Gasteiger partial charge in [0, 0.05) is 17.0 Å². The second-order valence-corrected chi connectivity index (χ2v) is 7.67. The minimum absolute atomic E-state index is 0.192. The van der Waals surface area contributed by atoms with E-state index in [1.165, 1.54) is 6.92 Å². The Bertz CT molecular complexity index is 1520. The first-order chi connectivity index (χ1) is 15.0. The van der Waals surface area contributed by atoms with Gasteiger partial charge in [-0.15, -0.1) is 0 Å². The van der Waals surface area contributed by atoms with Gasteiger partial charge >= 0.3 is 0 Å². The van der Waals surface area contributed by atoms with Gasteiger partial charge in [0.05, 0.1) is 17.6 Å². The smallest absolute Gasteiger partial charge is 0.262 e. The zero-order valence-corrected chi connectivity index (χ0v) is 17.3. The number of carbonyl (C=O) groups excluding carboxylic acids is 1. The predicted octanol–water partition coefficient (Wildman–Crippen LogP) is 5.37. The summed E-state index contributed by atoms with van der Waals surface area (Å²) in [6.07, 6.45) is 0. The molecule has 5 aromatic rings. The molecule has 5 heteroatoms. The maximum Gasteiger partial charge on any atom is 0.262 e. The monoisotopic (exact) mass is 408 g/mol. The number of aryl methyl sites for hydroxylation is 1. The van der Waals surface area contributed by atoms with E-state index in [0.29, 0.717) is 17.0 Å². The van der Waals surface area contributed by atoms with Crippen molar-refractivity contribution in [1.82, 2.24) is 9.72 Å². The minimum atomic E-state index is -0.313. The van der Waals surface area contributed by atoms with Crippen LogP contribution in [0.1, 0.15) is 28.6 Å².